The third kappa shape index (κ3) is 3.53. The number of carbonyl (C=O) groups excluding carboxylic acids is 1. The van der Waals surface area contributed by atoms with E-state index in [9.17, 15) is 23.2 Å². The Kier molecular flexibility index (Phi) is 4.97. The molecule has 1 aliphatic heterocycles. The lowest BCUT2D eigenvalue weighted by Crippen LogP contribution is -2.42. The summed E-state index contributed by atoms with van der Waals surface area (Å²) in [5, 5.41) is 13.6. The average molecular weight is 443 g/mol. The lowest BCUT2D eigenvalue weighted by Gasteiger charge is -2.44. The van der Waals surface area contributed by atoms with Gasteiger partial charge >= 0.3 is 6.18 Å². The van der Waals surface area contributed by atoms with Gasteiger partial charge in [0.05, 0.1) is 28.8 Å². The van der Waals surface area contributed by atoms with Gasteiger partial charge in [0, 0.05) is 17.7 Å². The van der Waals surface area contributed by atoms with Crippen LogP contribution in [0.1, 0.15) is 43.7 Å². The lowest BCUT2D eigenvalue weighted by molar-refractivity contribution is -0.137. The Morgan fingerprint density at radius 2 is 1.94 bits per heavy atom. The van der Waals surface area contributed by atoms with Crippen LogP contribution in [0.5, 0.6) is 0 Å². The summed E-state index contributed by atoms with van der Waals surface area (Å²) in [6.45, 7) is 3.81. The fourth-order valence-corrected chi connectivity index (χ4v) is 5.15. The van der Waals surface area contributed by atoms with E-state index in [-0.39, 0.29) is 29.3 Å². The maximum atomic E-state index is 13.8. The van der Waals surface area contributed by atoms with Gasteiger partial charge in [-0.1, -0.05) is 26.0 Å². The van der Waals surface area contributed by atoms with Crippen LogP contribution in [0.3, 0.4) is 0 Å². The first kappa shape index (κ1) is 21.2. The smallest absolute Gasteiger partial charge is 0.384 e. The van der Waals surface area contributed by atoms with Gasteiger partial charge < -0.3 is 5.73 Å². The summed E-state index contributed by atoms with van der Waals surface area (Å²) in [6, 6.07) is 9.00. The quantitative estimate of drug-likeness (QED) is 0.646. The number of hydrogen-bond acceptors (Lipinski definition) is 5. The van der Waals surface area contributed by atoms with Crippen LogP contribution in [-0.4, -0.2) is 5.78 Å². The molecule has 0 amide bonds. The van der Waals surface area contributed by atoms with Crippen molar-refractivity contribution in [1.82, 2.24) is 0 Å². The summed E-state index contributed by atoms with van der Waals surface area (Å²) in [5.74, 6) is -0.916. The highest BCUT2D eigenvalue weighted by atomic mass is 32.1. The second-order valence-electron chi connectivity index (χ2n) is 8.55. The minimum atomic E-state index is -4.62. The molecule has 0 bridgehead atoms. The van der Waals surface area contributed by atoms with Crippen molar-refractivity contribution in [2.75, 3.05) is 4.90 Å². The zero-order valence-electron chi connectivity index (χ0n) is 17.0. The van der Waals surface area contributed by atoms with E-state index in [1.54, 1.807) is 0 Å². The summed E-state index contributed by atoms with van der Waals surface area (Å²) in [5.41, 5.74) is 6.52. The summed E-state index contributed by atoms with van der Waals surface area (Å²) in [6.07, 6.45) is -4.01. The van der Waals surface area contributed by atoms with E-state index in [4.69, 9.17) is 5.73 Å². The highest BCUT2D eigenvalue weighted by molar-refractivity contribution is 7.08. The van der Waals surface area contributed by atoms with Crippen LogP contribution in [0.4, 0.5) is 18.9 Å². The third-order valence-corrected chi connectivity index (χ3v) is 6.41. The molecule has 1 aliphatic carbocycles. The molecule has 8 heteroatoms. The van der Waals surface area contributed by atoms with Crippen LogP contribution in [0.15, 0.2) is 63.8 Å². The van der Waals surface area contributed by atoms with Gasteiger partial charge in [-0.2, -0.15) is 29.8 Å². The zero-order chi connectivity index (χ0) is 22.6. The van der Waals surface area contributed by atoms with Crippen molar-refractivity contribution >= 4 is 22.8 Å². The molecule has 2 aliphatic rings. The van der Waals surface area contributed by atoms with E-state index >= 15 is 0 Å². The number of carbonyl (C=O) groups is 1. The van der Waals surface area contributed by atoms with Crippen LogP contribution >= 0.6 is 11.3 Å². The van der Waals surface area contributed by atoms with Crippen molar-refractivity contribution in [1.29, 1.82) is 5.26 Å². The second-order valence-corrected chi connectivity index (χ2v) is 9.33. The molecule has 1 atom stereocenters. The van der Waals surface area contributed by atoms with Gasteiger partial charge in [0.1, 0.15) is 5.82 Å². The molecule has 31 heavy (non-hydrogen) atoms. The van der Waals surface area contributed by atoms with Crippen molar-refractivity contribution in [2.24, 2.45) is 11.1 Å². The normalized spacial score (nSPS) is 21.2. The first-order valence-electron chi connectivity index (χ1n) is 9.69. The first-order valence-corrected chi connectivity index (χ1v) is 10.6. The summed E-state index contributed by atoms with van der Waals surface area (Å²) in [7, 11) is 0. The molecule has 0 saturated heterocycles. The van der Waals surface area contributed by atoms with Crippen LogP contribution < -0.4 is 10.6 Å². The molecule has 2 N–H and O–H groups in total. The van der Waals surface area contributed by atoms with E-state index in [2.05, 4.69) is 6.07 Å². The van der Waals surface area contributed by atoms with Crippen LogP contribution in [0.2, 0.25) is 0 Å². The van der Waals surface area contributed by atoms with Gasteiger partial charge in [0.2, 0.25) is 0 Å². The molecular formula is C23H20F3N3OS. The Morgan fingerprint density at radius 3 is 2.55 bits per heavy atom. The number of alkyl halides is 3. The fraction of sp³-hybridized carbons (Fsp3) is 0.304. The molecular weight excluding hydrogens is 423 g/mol. The molecule has 2 heterocycles. The number of Topliss-reactive ketones (excluding diaryl/α,β-unsaturated/α-hetero) is 1. The molecule has 0 saturated carbocycles. The van der Waals surface area contributed by atoms with E-state index in [1.807, 2.05) is 30.7 Å². The van der Waals surface area contributed by atoms with Gasteiger partial charge in [-0.25, -0.2) is 0 Å². The van der Waals surface area contributed by atoms with Crippen LogP contribution in [0.25, 0.3) is 0 Å². The molecule has 0 spiro atoms. The number of nitrogens with zero attached hydrogens (tertiary/aromatic N) is 2. The number of anilines is 1. The van der Waals surface area contributed by atoms with Gasteiger partial charge in [-0.05, 0) is 46.4 Å². The fourth-order valence-electron chi connectivity index (χ4n) is 4.46. The van der Waals surface area contributed by atoms with Crippen molar-refractivity contribution in [3.8, 4) is 6.07 Å². The van der Waals surface area contributed by atoms with E-state index < -0.39 is 23.1 Å². The maximum absolute atomic E-state index is 13.8. The number of halogens is 3. The van der Waals surface area contributed by atoms with Gasteiger partial charge in [0.25, 0.3) is 0 Å². The molecule has 1 unspecified atom stereocenters. The van der Waals surface area contributed by atoms with Gasteiger partial charge in [-0.3, -0.25) is 9.69 Å². The highest BCUT2D eigenvalue weighted by Gasteiger charge is 2.46. The van der Waals surface area contributed by atoms with E-state index in [0.717, 1.165) is 11.6 Å². The topological polar surface area (TPSA) is 70.1 Å². The lowest BCUT2D eigenvalue weighted by atomic mass is 9.69. The largest absolute Gasteiger partial charge is 0.418 e. The molecule has 160 valence electrons. The number of rotatable bonds is 2. The Balaban J connectivity index is 2.04. The number of ketones is 1. The molecule has 2 aromatic rings. The number of allylic oxidation sites excluding steroid dienone is 3. The van der Waals surface area contributed by atoms with Crippen molar-refractivity contribution in [3.63, 3.8) is 0 Å². The summed E-state index contributed by atoms with van der Waals surface area (Å²) >= 11 is 1.42. The maximum Gasteiger partial charge on any atom is 0.418 e. The molecule has 1 aromatic heterocycles. The van der Waals surface area contributed by atoms with Gasteiger partial charge in [0.15, 0.2) is 5.78 Å². The molecule has 0 fully saturated rings. The van der Waals surface area contributed by atoms with E-state index in [1.165, 1.54) is 34.4 Å². The first-order chi connectivity index (χ1) is 14.5. The number of thiophene rings is 1. The number of benzene rings is 1. The third-order valence-electron chi connectivity index (χ3n) is 5.71. The Labute approximate surface area is 182 Å². The minimum Gasteiger partial charge on any atom is -0.384 e. The predicted octanol–water partition coefficient (Wildman–Crippen LogP) is 5.71. The monoisotopic (exact) mass is 443 g/mol. The molecule has 4 nitrogen and oxygen atoms in total. The summed E-state index contributed by atoms with van der Waals surface area (Å²) < 4.78 is 41.5. The van der Waals surface area contributed by atoms with Crippen molar-refractivity contribution in [2.45, 2.75) is 38.8 Å². The van der Waals surface area contributed by atoms with Crippen LogP contribution in [-0.2, 0) is 11.0 Å². The average Bonchev–Trinajstić information content (AvgIpc) is 3.20. The molecule has 1 aromatic carbocycles. The van der Waals surface area contributed by atoms with Crippen molar-refractivity contribution < 1.29 is 18.0 Å². The Bertz CT molecular complexity index is 1150. The predicted molar refractivity (Wildman–Crippen MR) is 113 cm³/mol. The Morgan fingerprint density at radius 1 is 1.23 bits per heavy atom. The highest BCUT2D eigenvalue weighted by Crippen LogP contribution is 2.51. The van der Waals surface area contributed by atoms with Gasteiger partial charge in [-0.15, -0.1) is 0 Å². The SMILES string of the molecule is CC1(C)CC(=O)C2=C(C1)N(c1ccccc1C(F)(F)F)C(N)=C(C#N)C2c1ccsc1. The number of nitrogens with two attached hydrogens (primary N) is 1. The molecule has 4 rings (SSSR count). The zero-order valence-corrected chi connectivity index (χ0v) is 17.8. The number of hydrogen-bond donors (Lipinski definition) is 1. The minimum absolute atomic E-state index is 0.0698. The Hall–Kier alpha value is -3.05. The molecule has 0 radical (unpaired) electrons. The van der Waals surface area contributed by atoms with Crippen LogP contribution in [0, 0.1) is 16.7 Å². The second kappa shape index (κ2) is 7.27. The standard InChI is InChI=1S/C23H20F3N3OS/c1-22(2)9-17-20(18(30)10-22)19(13-7-8-31-12-13)14(11-27)21(28)29(17)16-6-4-3-5-15(16)23(24,25)26/h3-8,12,19H,9-10,28H2,1-2H3. The van der Waals surface area contributed by atoms with E-state index in [0.29, 0.717) is 17.7 Å². The number of para-hydroxylation sites is 1. The summed E-state index contributed by atoms with van der Waals surface area (Å²) in [4.78, 5) is 14.6. The van der Waals surface area contributed by atoms with Crippen molar-refractivity contribution in [3.05, 3.63) is 74.9 Å². The number of nitriles is 1.